The molecule has 2 rings (SSSR count). The van der Waals surface area contributed by atoms with Gasteiger partial charge in [0.2, 0.25) is 10.0 Å². The molecule has 0 saturated carbocycles. The van der Waals surface area contributed by atoms with E-state index in [-0.39, 0.29) is 6.10 Å². The van der Waals surface area contributed by atoms with Crippen molar-refractivity contribution in [3.63, 3.8) is 0 Å². The molecule has 1 aromatic carbocycles. The Kier molecular flexibility index (Phi) is 4.23. The monoisotopic (exact) mass is 347 g/mol. The first-order chi connectivity index (χ1) is 8.77. The summed E-state index contributed by atoms with van der Waals surface area (Å²) in [6.07, 6.45) is 1.92. The lowest BCUT2D eigenvalue weighted by atomic mass is 10.1. The second-order valence-corrected chi connectivity index (χ2v) is 7.80. The molecule has 1 saturated heterocycles. The van der Waals surface area contributed by atoms with Gasteiger partial charge in [0.25, 0.3) is 0 Å². The highest BCUT2D eigenvalue weighted by molar-refractivity contribution is 9.10. The minimum absolute atomic E-state index is 0.0605. The minimum atomic E-state index is -3.10. The van der Waals surface area contributed by atoms with E-state index in [9.17, 15) is 8.42 Å². The van der Waals surface area contributed by atoms with Gasteiger partial charge in [-0.3, -0.25) is 0 Å². The third-order valence-corrected chi connectivity index (χ3v) is 5.81. The molecule has 0 N–H and O–H groups in total. The lowest BCUT2D eigenvalue weighted by Gasteiger charge is -2.16. The largest absolute Gasteiger partial charge is 0.489 e. The maximum Gasteiger partial charge on any atom is 0.211 e. The van der Waals surface area contributed by atoms with Crippen molar-refractivity contribution in [2.24, 2.45) is 0 Å². The Balaban J connectivity index is 2.08. The zero-order chi connectivity index (χ0) is 14.2. The summed E-state index contributed by atoms with van der Waals surface area (Å²) in [5.41, 5.74) is 2.24. The van der Waals surface area contributed by atoms with Gasteiger partial charge in [0, 0.05) is 11.0 Å². The van der Waals surface area contributed by atoms with Crippen molar-refractivity contribution in [3.05, 3.63) is 27.7 Å². The van der Waals surface area contributed by atoms with Gasteiger partial charge in [-0.05, 0) is 43.5 Å². The van der Waals surface area contributed by atoms with Crippen LogP contribution < -0.4 is 4.74 Å². The fourth-order valence-corrected chi connectivity index (χ4v) is 3.36. The molecular formula is C13H18BrNO3S. The molecule has 0 bridgehead atoms. The van der Waals surface area contributed by atoms with E-state index in [0.29, 0.717) is 13.1 Å². The Morgan fingerprint density at radius 2 is 1.89 bits per heavy atom. The molecule has 0 spiro atoms. The van der Waals surface area contributed by atoms with Crippen LogP contribution in [-0.2, 0) is 10.0 Å². The van der Waals surface area contributed by atoms with Crippen molar-refractivity contribution in [1.29, 1.82) is 0 Å². The Hall–Kier alpha value is -0.590. The molecular weight excluding hydrogens is 330 g/mol. The molecule has 106 valence electrons. The Morgan fingerprint density at radius 1 is 1.32 bits per heavy atom. The van der Waals surface area contributed by atoms with Crippen LogP contribution in [0.2, 0.25) is 0 Å². The highest BCUT2D eigenvalue weighted by atomic mass is 79.9. The van der Waals surface area contributed by atoms with E-state index < -0.39 is 10.0 Å². The summed E-state index contributed by atoms with van der Waals surface area (Å²) in [4.78, 5) is 0. The van der Waals surface area contributed by atoms with Gasteiger partial charge in [0.05, 0.1) is 12.8 Å². The van der Waals surface area contributed by atoms with Crippen LogP contribution in [0.25, 0.3) is 0 Å². The van der Waals surface area contributed by atoms with Gasteiger partial charge < -0.3 is 4.74 Å². The number of benzene rings is 1. The predicted octanol–water partition coefficient (Wildman–Crippen LogP) is 2.48. The Bertz CT molecular complexity index is 563. The fraction of sp³-hybridized carbons (Fsp3) is 0.538. The average molecular weight is 348 g/mol. The van der Waals surface area contributed by atoms with Gasteiger partial charge in [-0.25, -0.2) is 8.42 Å². The summed E-state index contributed by atoms with van der Waals surface area (Å²) >= 11 is 3.52. The van der Waals surface area contributed by atoms with Crippen molar-refractivity contribution in [3.8, 4) is 5.75 Å². The third-order valence-electron chi connectivity index (χ3n) is 3.29. The number of ether oxygens (including phenoxy) is 1. The number of sulfonamides is 1. The summed E-state index contributed by atoms with van der Waals surface area (Å²) in [6.45, 7) is 5.01. The van der Waals surface area contributed by atoms with Gasteiger partial charge in [0.15, 0.2) is 0 Å². The molecule has 19 heavy (non-hydrogen) atoms. The van der Waals surface area contributed by atoms with Gasteiger partial charge in [-0.1, -0.05) is 15.9 Å². The number of halogens is 1. The van der Waals surface area contributed by atoms with Gasteiger partial charge in [0.1, 0.15) is 11.9 Å². The average Bonchev–Trinajstić information content (AvgIpc) is 2.74. The SMILES string of the molecule is Cc1cc(O[C@H]2CCN(S(C)(=O)=O)C2)cc(C)c1Br. The predicted molar refractivity (Wildman–Crippen MR) is 79.1 cm³/mol. The molecule has 1 atom stereocenters. The van der Waals surface area contributed by atoms with E-state index in [1.165, 1.54) is 10.6 Å². The molecule has 6 heteroatoms. The normalized spacial score (nSPS) is 20.7. The topological polar surface area (TPSA) is 46.6 Å². The van der Waals surface area contributed by atoms with E-state index in [1.807, 2.05) is 26.0 Å². The second kappa shape index (κ2) is 5.42. The van der Waals surface area contributed by atoms with Crippen LogP contribution in [0.15, 0.2) is 16.6 Å². The van der Waals surface area contributed by atoms with Crippen LogP contribution in [0.1, 0.15) is 17.5 Å². The molecule has 0 aliphatic carbocycles. The molecule has 4 nitrogen and oxygen atoms in total. The van der Waals surface area contributed by atoms with Crippen LogP contribution in [0.4, 0.5) is 0 Å². The fourth-order valence-electron chi connectivity index (χ4n) is 2.26. The molecule has 1 heterocycles. The van der Waals surface area contributed by atoms with Crippen LogP contribution in [0.3, 0.4) is 0 Å². The van der Waals surface area contributed by atoms with E-state index in [0.717, 1.165) is 27.8 Å². The number of rotatable bonds is 3. The van der Waals surface area contributed by atoms with Crippen LogP contribution in [0, 0.1) is 13.8 Å². The molecule has 1 aliphatic heterocycles. The van der Waals surface area contributed by atoms with Crippen molar-refractivity contribution >= 4 is 26.0 Å². The van der Waals surface area contributed by atoms with Gasteiger partial charge in [-0.2, -0.15) is 4.31 Å². The molecule has 1 aliphatic rings. The maximum absolute atomic E-state index is 11.4. The van der Waals surface area contributed by atoms with Crippen molar-refractivity contribution in [1.82, 2.24) is 4.31 Å². The first kappa shape index (κ1) is 14.8. The minimum Gasteiger partial charge on any atom is -0.489 e. The highest BCUT2D eigenvalue weighted by Crippen LogP contribution is 2.28. The summed E-state index contributed by atoms with van der Waals surface area (Å²) in [5, 5.41) is 0. The van der Waals surface area contributed by atoms with E-state index >= 15 is 0 Å². The number of hydrogen-bond donors (Lipinski definition) is 0. The molecule has 0 aromatic heterocycles. The number of aryl methyl sites for hydroxylation is 2. The van der Waals surface area contributed by atoms with Crippen LogP contribution in [-0.4, -0.2) is 38.2 Å². The maximum atomic E-state index is 11.4. The zero-order valence-corrected chi connectivity index (χ0v) is 13.7. The third kappa shape index (κ3) is 3.49. The van der Waals surface area contributed by atoms with Crippen molar-refractivity contribution in [2.45, 2.75) is 26.4 Å². The Labute approximate surface area is 122 Å². The molecule has 0 amide bonds. The summed E-state index contributed by atoms with van der Waals surface area (Å²) in [7, 11) is -3.10. The van der Waals surface area contributed by atoms with E-state index in [2.05, 4.69) is 15.9 Å². The zero-order valence-electron chi connectivity index (χ0n) is 11.3. The first-order valence-corrected chi connectivity index (χ1v) is 8.80. The second-order valence-electron chi connectivity index (χ2n) is 5.02. The van der Waals surface area contributed by atoms with Crippen molar-refractivity contribution < 1.29 is 13.2 Å². The van der Waals surface area contributed by atoms with Crippen LogP contribution in [0.5, 0.6) is 5.75 Å². The van der Waals surface area contributed by atoms with E-state index in [4.69, 9.17) is 4.74 Å². The molecule has 1 aromatic rings. The summed E-state index contributed by atoms with van der Waals surface area (Å²) in [6, 6.07) is 3.94. The summed E-state index contributed by atoms with van der Waals surface area (Å²) < 4.78 is 31.3. The first-order valence-electron chi connectivity index (χ1n) is 6.16. The van der Waals surface area contributed by atoms with E-state index in [1.54, 1.807) is 0 Å². The van der Waals surface area contributed by atoms with Crippen LogP contribution >= 0.6 is 15.9 Å². The number of hydrogen-bond acceptors (Lipinski definition) is 3. The molecule has 0 unspecified atom stereocenters. The standard InChI is InChI=1S/C13H18BrNO3S/c1-9-6-12(7-10(2)13(9)14)18-11-4-5-15(8-11)19(3,16)17/h6-7,11H,4-5,8H2,1-3H3/t11-/m0/s1. The Morgan fingerprint density at radius 3 is 2.37 bits per heavy atom. The van der Waals surface area contributed by atoms with Crippen molar-refractivity contribution in [2.75, 3.05) is 19.3 Å². The highest BCUT2D eigenvalue weighted by Gasteiger charge is 2.29. The lowest BCUT2D eigenvalue weighted by molar-refractivity contribution is 0.215. The lowest BCUT2D eigenvalue weighted by Crippen LogP contribution is -2.29. The summed E-state index contributed by atoms with van der Waals surface area (Å²) in [5.74, 6) is 0.804. The quantitative estimate of drug-likeness (QED) is 0.843. The number of nitrogens with zero attached hydrogens (tertiary/aromatic N) is 1. The molecule has 1 fully saturated rings. The van der Waals surface area contributed by atoms with Gasteiger partial charge >= 0.3 is 0 Å². The van der Waals surface area contributed by atoms with Gasteiger partial charge in [-0.15, -0.1) is 0 Å². The molecule has 0 radical (unpaired) electrons. The smallest absolute Gasteiger partial charge is 0.211 e.